The van der Waals surface area contributed by atoms with Crippen LogP contribution < -0.4 is 11.1 Å². The van der Waals surface area contributed by atoms with Crippen LogP contribution in [0.5, 0.6) is 0 Å². The predicted molar refractivity (Wildman–Crippen MR) is 120 cm³/mol. The van der Waals surface area contributed by atoms with Crippen LogP contribution in [0.2, 0.25) is 0 Å². The third-order valence-electron chi connectivity index (χ3n) is 6.26. The summed E-state index contributed by atoms with van der Waals surface area (Å²) in [6.07, 6.45) is -5.79. The summed E-state index contributed by atoms with van der Waals surface area (Å²) in [5.74, 6) is -3.90. The lowest BCUT2D eigenvalue weighted by atomic mass is 10.0. The lowest BCUT2D eigenvalue weighted by molar-refractivity contribution is -0.183. The van der Waals surface area contributed by atoms with Gasteiger partial charge in [-0.1, -0.05) is 0 Å². The van der Waals surface area contributed by atoms with Gasteiger partial charge in [-0.3, -0.25) is 9.59 Å². The summed E-state index contributed by atoms with van der Waals surface area (Å²) in [6.45, 7) is 4.49. The molecule has 8 nitrogen and oxygen atoms in total. The number of allylic oxidation sites excluding steroid dienone is 1. The highest BCUT2D eigenvalue weighted by molar-refractivity contribution is 5.77. The van der Waals surface area contributed by atoms with E-state index in [9.17, 15) is 35.9 Å². The van der Waals surface area contributed by atoms with E-state index in [-0.39, 0.29) is 38.0 Å². The zero-order chi connectivity index (χ0) is 27.3. The van der Waals surface area contributed by atoms with Gasteiger partial charge >= 0.3 is 6.18 Å². The van der Waals surface area contributed by atoms with Gasteiger partial charge < -0.3 is 30.5 Å². The van der Waals surface area contributed by atoms with Gasteiger partial charge in [-0.15, -0.1) is 0 Å². The molecule has 1 aromatic rings. The van der Waals surface area contributed by atoms with Gasteiger partial charge in [0.1, 0.15) is 5.82 Å². The van der Waals surface area contributed by atoms with Gasteiger partial charge in [0.25, 0.3) is 0 Å². The Kier molecular flexibility index (Phi) is 9.29. The van der Waals surface area contributed by atoms with Gasteiger partial charge in [0, 0.05) is 50.4 Å². The molecule has 3 aliphatic heterocycles. The predicted octanol–water partition coefficient (Wildman–Crippen LogP) is 1.71. The molecule has 2 amide bonds. The van der Waals surface area contributed by atoms with Crippen molar-refractivity contribution in [2.75, 3.05) is 45.9 Å². The second-order valence-corrected chi connectivity index (χ2v) is 8.95. The van der Waals surface area contributed by atoms with Gasteiger partial charge in [-0.25, -0.2) is 13.2 Å². The molecule has 1 aromatic carbocycles. The second-order valence-electron chi connectivity index (χ2n) is 8.95. The molecule has 0 bridgehead atoms. The van der Waals surface area contributed by atoms with Crippen LogP contribution in [0.3, 0.4) is 0 Å². The van der Waals surface area contributed by atoms with E-state index in [1.807, 2.05) is 0 Å². The molecule has 37 heavy (non-hydrogen) atoms. The van der Waals surface area contributed by atoms with Gasteiger partial charge in [-0.05, 0) is 25.0 Å². The molecule has 206 valence electrons. The maximum Gasteiger partial charge on any atom is 0.427 e. The number of fused-ring (bicyclic) bond motifs is 1. The molecule has 3 heterocycles. The number of nitrogens with one attached hydrogen (secondary N) is 1. The zero-order valence-electron chi connectivity index (χ0n) is 20.2. The maximum absolute atomic E-state index is 13.7. The summed E-state index contributed by atoms with van der Waals surface area (Å²) < 4.78 is 84.4. The smallest absolute Gasteiger partial charge is 0.378 e. The van der Waals surface area contributed by atoms with Crippen molar-refractivity contribution in [3.63, 3.8) is 0 Å². The van der Waals surface area contributed by atoms with Crippen LogP contribution >= 0.6 is 0 Å². The van der Waals surface area contributed by atoms with Crippen molar-refractivity contribution in [3.8, 4) is 0 Å². The van der Waals surface area contributed by atoms with Gasteiger partial charge in [0.05, 0.1) is 25.5 Å². The number of piperazine rings is 1. The highest BCUT2D eigenvalue weighted by atomic mass is 19.4. The van der Waals surface area contributed by atoms with E-state index < -0.39 is 41.7 Å². The molecule has 0 aliphatic carbocycles. The van der Waals surface area contributed by atoms with E-state index in [2.05, 4.69) is 5.32 Å². The van der Waals surface area contributed by atoms with E-state index in [1.165, 1.54) is 16.7 Å². The minimum atomic E-state index is -4.45. The summed E-state index contributed by atoms with van der Waals surface area (Å²) in [7, 11) is 0. The minimum absolute atomic E-state index is 0.00261. The number of amides is 2. The van der Waals surface area contributed by atoms with E-state index in [4.69, 9.17) is 10.5 Å². The molecule has 2 saturated heterocycles. The summed E-state index contributed by atoms with van der Waals surface area (Å²) in [5, 5.41) is 2.39. The number of alkyl halides is 3. The Balaban J connectivity index is 0.000000405. The Morgan fingerprint density at radius 2 is 1.78 bits per heavy atom. The van der Waals surface area contributed by atoms with Gasteiger partial charge in [-0.2, -0.15) is 13.2 Å². The number of carbonyl (C=O) groups excluding carboxylic acids is 2. The third-order valence-corrected chi connectivity index (χ3v) is 6.26. The van der Waals surface area contributed by atoms with Crippen LogP contribution in [-0.2, 0) is 20.7 Å². The number of rotatable bonds is 5. The van der Waals surface area contributed by atoms with Crippen molar-refractivity contribution in [3.05, 3.63) is 46.5 Å². The van der Waals surface area contributed by atoms with Crippen LogP contribution in [0.1, 0.15) is 18.9 Å². The monoisotopic (exact) mass is 537 g/mol. The average molecular weight is 538 g/mol. The largest absolute Gasteiger partial charge is 0.427 e. The number of nitrogens with two attached hydrogens (primary N) is 1. The zero-order valence-corrected chi connectivity index (χ0v) is 20.2. The molecule has 0 spiro atoms. The molecule has 0 aromatic heterocycles. The third kappa shape index (κ3) is 7.28. The van der Waals surface area contributed by atoms with E-state index in [0.29, 0.717) is 36.7 Å². The van der Waals surface area contributed by atoms with Gasteiger partial charge in [0.2, 0.25) is 12.3 Å². The normalized spacial score (nSPS) is 20.6. The van der Waals surface area contributed by atoms with Crippen LogP contribution in [-0.4, -0.2) is 91.3 Å². The van der Waals surface area contributed by atoms with Crippen molar-refractivity contribution >= 4 is 12.3 Å². The fourth-order valence-corrected chi connectivity index (χ4v) is 4.28. The molecular formula is C23H29F6N5O3. The maximum atomic E-state index is 13.7. The summed E-state index contributed by atoms with van der Waals surface area (Å²) in [6, 6.07) is 0.251. The molecule has 4 rings (SSSR count). The fraction of sp³-hybridized carbons (Fsp3) is 0.565. The molecule has 14 heteroatoms. The Morgan fingerprint density at radius 3 is 2.38 bits per heavy atom. The molecule has 0 radical (unpaired) electrons. The topological polar surface area (TPSA) is 91.1 Å². The minimum Gasteiger partial charge on any atom is -0.378 e. The number of hydrogen-bond donors (Lipinski definition) is 2. The van der Waals surface area contributed by atoms with Crippen molar-refractivity contribution in [1.29, 1.82) is 0 Å². The van der Waals surface area contributed by atoms with E-state index >= 15 is 0 Å². The van der Waals surface area contributed by atoms with E-state index in [0.717, 1.165) is 19.5 Å². The number of hydrogen-bond acceptors (Lipinski definition) is 6. The fourth-order valence-electron chi connectivity index (χ4n) is 4.28. The standard InChI is InChI=1S/C18H20F6N4O.C5H9NO2/c1-9-15-8-27(2-3-28(15)17(26-9)18(22,23)24)16(29)6-11(25)4-10-5-13(20)14(21)7-12(10)19;7-5-6-1-3-8-4-2-6/h5,7,11,17,26H,2-4,6,8,25H2,1H3;5H,1-4H2. The highest BCUT2D eigenvalue weighted by Crippen LogP contribution is 2.33. The average Bonchev–Trinajstić information content (AvgIpc) is 3.20. The van der Waals surface area contributed by atoms with Crippen LogP contribution in [0, 0.1) is 17.5 Å². The number of morpholine rings is 1. The van der Waals surface area contributed by atoms with Gasteiger partial charge in [0.15, 0.2) is 17.8 Å². The number of carbonyl (C=O) groups is 2. The first kappa shape index (κ1) is 28.6. The molecule has 3 aliphatic rings. The molecule has 3 N–H and O–H groups in total. The molecule has 2 unspecified atom stereocenters. The Hall–Kier alpha value is -3.00. The summed E-state index contributed by atoms with van der Waals surface area (Å²) in [4.78, 5) is 26.8. The first-order valence-electron chi connectivity index (χ1n) is 11.6. The second kappa shape index (κ2) is 12.0. The Morgan fingerprint density at radius 1 is 1.14 bits per heavy atom. The lowest BCUT2D eigenvalue weighted by Gasteiger charge is -2.38. The van der Waals surface area contributed by atoms with E-state index in [1.54, 1.807) is 4.90 Å². The molecular weight excluding hydrogens is 508 g/mol. The lowest BCUT2D eigenvalue weighted by Crippen LogP contribution is -2.55. The number of halogens is 6. The number of ether oxygens (including phenoxy) is 1. The molecule has 2 atom stereocenters. The van der Waals surface area contributed by atoms with Crippen molar-refractivity contribution < 1.29 is 40.7 Å². The van der Waals surface area contributed by atoms with Crippen molar-refractivity contribution in [2.45, 2.75) is 38.1 Å². The van der Waals surface area contributed by atoms with Crippen molar-refractivity contribution in [1.82, 2.24) is 20.0 Å². The molecule has 0 saturated carbocycles. The highest BCUT2D eigenvalue weighted by Gasteiger charge is 2.49. The van der Waals surface area contributed by atoms with Crippen molar-refractivity contribution in [2.24, 2.45) is 5.73 Å². The number of nitrogens with zero attached hydrogens (tertiary/aromatic N) is 3. The van der Waals surface area contributed by atoms with Crippen LogP contribution in [0.15, 0.2) is 23.5 Å². The molecule has 2 fully saturated rings. The quantitative estimate of drug-likeness (QED) is 0.338. The first-order valence-corrected chi connectivity index (χ1v) is 11.6. The Bertz CT molecular complexity index is 1020. The summed E-state index contributed by atoms with van der Waals surface area (Å²) >= 11 is 0. The summed E-state index contributed by atoms with van der Waals surface area (Å²) in [5.41, 5.74) is 6.44. The Labute approximate surface area is 210 Å². The SMILES string of the molecule is CC1=C2CN(C(=O)CC(N)Cc3cc(F)c(F)cc3F)CCN2C(C(F)(F)F)N1.O=CN1CCOCC1. The number of benzene rings is 1. The van der Waals surface area contributed by atoms with Crippen LogP contribution in [0.25, 0.3) is 0 Å². The van der Waals surface area contributed by atoms with Crippen LogP contribution in [0.4, 0.5) is 26.3 Å². The first-order chi connectivity index (χ1) is 17.4.